The minimum Gasteiger partial charge on any atom is -0.393 e. The number of aliphatic hydroxyl groups excluding tert-OH is 1. The van der Waals surface area contributed by atoms with Crippen molar-refractivity contribution in [3.63, 3.8) is 0 Å². The summed E-state index contributed by atoms with van der Waals surface area (Å²) in [6, 6.07) is 0. The molecule has 0 spiro atoms. The van der Waals surface area contributed by atoms with Crippen LogP contribution in [0.15, 0.2) is 0 Å². The average molecular weight is 258 g/mol. The van der Waals surface area contributed by atoms with Gasteiger partial charge in [-0.05, 0) is 31.6 Å². The van der Waals surface area contributed by atoms with Crippen LogP contribution in [0.1, 0.15) is 77.6 Å². The largest absolute Gasteiger partial charge is 0.393 e. The highest BCUT2D eigenvalue weighted by molar-refractivity contribution is 4.71. The number of methoxy groups -OCH3 is 1. The minimum absolute atomic E-state index is 0.0193. The van der Waals surface area contributed by atoms with Gasteiger partial charge < -0.3 is 9.84 Å². The lowest BCUT2D eigenvalue weighted by Crippen LogP contribution is -2.17. The molecule has 0 aromatic carbocycles. The van der Waals surface area contributed by atoms with Crippen molar-refractivity contribution in [3.05, 3.63) is 0 Å². The molecule has 2 nitrogen and oxygen atoms in total. The molecule has 2 heteroatoms. The molecular formula is C16H34O2. The molecule has 0 radical (unpaired) electrons. The third-order valence-electron chi connectivity index (χ3n) is 3.78. The van der Waals surface area contributed by atoms with Crippen molar-refractivity contribution in [3.8, 4) is 0 Å². The van der Waals surface area contributed by atoms with E-state index in [2.05, 4.69) is 11.7 Å². The Balaban J connectivity index is 0.000000873. The smallest absolute Gasteiger partial charge is 0.0540 e. The van der Waals surface area contributed by atoms with Crippen molar-refractivity contribution < 1.29 is 9.84 Å². The molecular weight excluding hydrogens is 224 g/mol. The molecule has 1 fully saturated rings. The predicted molar refractivity (Wildman–Crippen MR) is 78.9 cm³/mol. The zero-order chi connectivity index (χ0) is 13.6. The summed E-state index contributed by atoms with van der Waals surface area (Å²) in [4.78, 5) is 0. The Morgan fingerprint density at radius 2 is 1.39 bits per heavy atom. The van der Waals surface area contributed by atoms with Crippen LogP contribution >= 0.6 is 0 Å². The molecule has 0 heterocycles. The highest BCUT2D eigenvalue weighted by Crippen LogP contribution is 2.28. The summed E-state index contributed by atoms with van der Waals surface area (Å²) in [5, 5.41) is 9.40. The summed E-state index contributed by atoms with van der Waals surface area (Å²) < 4.78 is 4.25. The van der Waals surface area contributed by atoms with Crippen LogP contribution in [0.2, 0.25) is 0 Å². The normalized spacial score (nSPS) is 23.3. The second-order valence-corrected chi connectivity index (χ2v) is 5.64. The number of hydrogen-bond donors (Lipinski definition) is 1. The molecule has 110 valence electrons. The summed E-state index contributed by atoms with van der Waals surface area (Å²) in [5.74, 6) is 0.930. The molecule has 0 amide bonds. The number of rotatable bonds is 7. The van der Waals surface area contributed by atoms with Gasteiger partial charge in [-0.1, -0.05) is 51.9 Å². The van der Waals surface area contributed by atoms with Gasteiger partial charge in [0.1, 0.15) is 0 Å². The molecule has 1 rings (SSSR count). The van der Waals surface area contributed by atoms with Crippen LogP contribution in [-0.2, 0) is 4.74 Å². The van der Waals surface area contributed by atoms with Crippen molar-refractivity contribution >= 4 is 0 Å². The number of hydrogen-bond acceptors (Lipinski definition) is 2. The minimum atomic E-state index is 0.0193. The quantitative estimate of drug-likeness (QED) is 0.679. The van der Waals surface area contributed by atoms with Crippen molar-refractivity contribution in [1.29, 1.82) is 0 Å². The first-order chi connectivity index (χ1) is 8.74. The van der Waals surface area contributed by atoms with Crippen LogP contribution in [0.4, 0.5) is 0 Å². The lowest BCUT2D eigenvalue weighted by molar-refractivity contribution is 0.106. The fourth-order valence-electron chi connectivity index (χ4n) is 2.65. The first-order valence-electron chi connectivity index (χ1n) is 7.82. The molecule has 1 saturated carbocycles. The Morgan fingerprint density at radius 1 is 0.889 bits per heavy atom. The summed E-state index contributed by atoms with van der Waals surface area (Å²) in [5.41, 5.74) is 0. The molecule has 0 atom stereocenters. The molecule has 0 aromatic heterocycles. The van der Waals surface area contributed by atoms with Crippen LogP contribution < -0.4 is 0 Å². The van der Waals surface area contributed by atoms with Gasteiger partial charge in [-0.15, -0.1) is 0 Å². The Kier molecular flexibility index (Phi) is 13.3. The summed E-state index contributed by atoms with van der Waals surface area (Å²) in [6.07, 6.45) is 14.6. The fraction of sp³-hybridized carbons (Fsp3) is 1.00. The highest BCUT2D eigenvalue weighted by atomic mass is 16.4. The van der Waals surface area contributed by atoms with Gasteiger partial charge in [-0.25, -0.2) is 0 Å². The lowest BCUT2D eigenvalue weighted by atomic mass is 9.84. The van der Waals surface area contributed by atoms with E-state index in [0.717, 1.165) is 18.8 Å². The zero-order valence-corrected chi connectivity index (χ0v) is 12.8. The van der Waals surface area contributed by atoms with Gasteiger partial charge in [0.25, 0.3) is 0 Å². The van der Waals surface area contributed by atoms with E-state index in [1.165, 1.54) is 57.8 Å². The van der Waals surface area contributed by atoms with Gasteiger partial charge in [0.05, 0.1) is 6.10 Å². The van der Waals surface area contributed by atoms with E-state index in [1.807, 2.05) is 0 Å². The van der Waals surface area contributed by atoms with E-state index in [0.29, 0.717) is 0 Å². The molecule has 1 aliphatic carbocycles. The van der Waals surface area contributed by atoms with Crippen molar-refractivity contribution in [2.45, 2.75) is 83.7 Å². The first-order valence-corrected chi connectivity index (χ1v) is 7.82. The second-order valence-electron chi connectivity index (χ2n) is 5.64. The van der Waals surface area contributed by atoms with Gasteiger partial charge in [0.2, 0.25) is 0 Å². The Bertz CT molecular complexity index is 151. The van der Waals surface area contributed by atoms with Crippen LogP contribution in [0.5, 0.6) is 0 Å². The maximum absolute atomic E-state index is 9.40. The van der Waals surface area contributed by atoms with Gasteiger partial charge in [0, 0.05) is 14.2 Å². The summed E-state index contributed by atoms with van der Waals surface area (Å²) >= 11 is 0. The SMILES string of the molecule is CCCCCCCCC1CCC(O)CC1.COC. The van der Waals surface area contributed by atoms with Crippen LogP contribution in [0.25, 0.3) is 0 Å². The van der Waals surface area contributed by atoms with Gasteiger partial charge in [-0.2, -0.15) is 0 Å². The van der Waals surface area contributed by atoms with E-state index < -0.39 is 0 Å². The van der Waals surface area contributed by atoms with Crippen molar-refractivity contribution in [2.75, 3.05) is 14.2 Å². The third-order valence-corrected chi connectivity index (χ3v) is 3.78. The standard InChI is InChI=1S/C14H28O.C2H6O/c1-2-3-4-5-6-7-8-13-9-11-14(15)12-10-13;1-3-2/h13-15H,2-12H2,1H3;1-2H3. The topological polar surface area (TPSA) is 29.5 Å². The number of ether oxygens (including phenoxy) is 1. The first kappa shape index (κ1) is 17.9. The summed E-state index contributed by atoms with van der Waals surface area (Å²) in [7, 11) is 3.25. The van der Waals surface area contributed by atoms with Gasteiger partial charge >= 0.3 is 0 Å². The third kappa shape index (κ3) is 11.0. The summed E-state index contributed by atoms with van der Waals surface area (Å²) in [6.45, 7) is 2.27. The molecule has 18 heavy (non-hydrogen) atoms. The predicted octanol–water partition coefficient (Wildman–Crippen LogP) is 4.55. The van der Waals surface area contributed by atoms with Crippen LogP contribution in [0, 0.1) is 5.92 Å². The van der Waals surface area contributed by atoms with E-state index in [9.17, 15) is 5.11 Å². The maximum Gasteiger partial charge on any atom is 0.0540 e. The maximum atomic E-state index is 9.40. The molecule has 0 saturated heterocycles. The highest BCUT2D eigenvalue weighted by Gasteiger charge is 2.18. The molecule has 1 N–H and O–H groups in total. The van der Waals surface area contributed by atoms with Crippen molar-refractivity contribution in [1.82, 2.24) is 0 Å². The Morgan fingerprint density at radius 3 is 1.94 bits per heavy atom. The molecule has 0 unspecified atom stereocenters. The van der Waals surface area contributed by atoms with Crippen molar-refractivity contribution in [2.24, 2.45) is 5.92 Å². The number of aliphatic hydroxyl groups is 1. The second kappa shape index (κ2) is 13.4. The zero-order valence-electron chi connectivity index (χ0n) is 12.8. The monoisotopic (exact) mass is 258 g/mol. The molecule has 0 aromatic rings. The van der Waals surface area contributed by atoms with E-state index in [-0.39, 0.29) is 6.10 Å². The van der Waals surface area contributed by atoms with E-state index in [4.69, 9.17) is 0 Å². The fourth-order valence-corrected chi connectivity index (χ4v) is 2.65. The van der Waals surface area contributed by atoms with E-state index >= 15 is 0 Å². The van der Waals surface area contributed by atoms with Gasteiger partial charge in [0.15, 0.2) is 0 Å². The van der Waals surface area contributed by atoms with E-state index in [1.54, 1.807) is 14.2 Å². The van der Waals surface area contributed by atoms with Crippen LogP contribution in [0.3, 0.4) is 0 Å². The number of unbranched alkanes of at least 4 members (excludes halogenated alkanes) is 5. The Labute approximate surface area is 114 Å². The lowest BCUT2D eigenvalue weighted by Gasteiger charge is -2.25. The molecule has 0 aliphatic heterocycles. The average Bonchev–Trinajstić information content (AvgIpc) is 2.37. The Hall–Kier alpha value is -0.0800. The van der Waals surface area contributed by atoms with Crippen LogP contribution in [-0.4, -0.2) is 25.4 Å². The molecule has 0 bridgehead atoms. The van der Waals surface area contributed by atoms with Gasteiger partial charge in [-0.3, -0.25) is 0 Å². The molecule has 1 aliphatic rings.